The Balaban J connectivity index is 1.20. The third-order valence-electron chi connectivity index (χ3n) is 5.02. The highest BCUT2D eigenvalue weighted by Crippen LogP contribution is 2.18. The summed E-state index contributed by atoms with van der Waals surface area (Å²) in [6, 6.07) is 10.1. The Labute approximate surface area is 158 Å². The van der Waals surface area contributed by atoms with Crippen molar-refractivity contribution in [2.75, 3.05) is 24.5 Å². The molecule has 0 saturated carbocycles. The molecule has 1 fully saturated rings. The van der Waals surface area contributed by atoms with Gasteiger partial charge in [-0.05, 0) is 37.0 Å². The molecule has 0 radical (unpaired) electrons. The summed E-state index contributed by atoms with van der Waals surface area (Å²) in [6.45, 7) is 2.32. The molecule has 1 aliphatic heterocycles. The molecule has 7 nitrogen and oxygen atoms in total. The van der Waals surface area contributed by atoms with E-state index in [0.717, 1.165) is 43.8 Å². The van der Waals surface area contributed by atoms with Crippen LogP contribution >= 0.6 is 0 Å². The highest BCUT2D eigenvalue weighted by Gasteiger charge is 2.21. The largest absolute Gasteiger partial charge is 0.361 e. The number of benzene rings is 1. The van der Waals surface area contributed by atoms with E-state index < -0.39 is 0 Å². The molecule has 2 aromatic heterocycles. The number of amides is 2. The van der Waals surface area contributed by atoms with Crippen molar-refractivity contribution in [3.8, 4) is 0 Å². The summed E-state index contributed by atoms with van der Waals surface area (Å²) in [4.78, 5) is 26.2. The van der Waals surface area contributed by atoms with Gasteiger partial charge < -0.3 is 20.5 Å². The van der Waals surface area contributed by atoms with Gasteiger partial charge in [0.25, 0.3) is 0 Å². The van der Waals surface area contributed by atoms with E-state index in [4.69, 9.17) is 0 Å². The van der Waals surface area contributed by atoms with E-state index in [1.165, 1.54) is 10.9 Å². The van der Waals surface area contributed by atoms with E-state index in [2.05, 4.69) is 42.6 Å². The van der Waals surface area contributed by atoms with Gasteiger partial charge in [0, 0.05) is 55.2 Å². The summed E-state index contributed by atoms with van der Waals surface area (Å²) in [7, 11) is 0. The van der Waals surface area contributed by atoms with Gasteiger partial charge in [0.2, 0.25) is 5.95 Å². The standard InChI is InChI=1S/C20H24N6O/c27-20(23-11-6-15-14-24-18-5-2-1-4-17(15)18)25-16-7-12-26(13-8-16)19-21-9-3-10-22-19/h1-5,9-10,14,16,24H,6-8,11-13H2,(H2,23,25,27). The first-order valence-corrected chi connectivity index (χ1v) is 9.41. The quantitative estimate of drug-likeness (QED) is 0.649. The zero-order valence-corrected chi connectivity index (χ0v) is 15.2. The van der Waals surface area contributed by atoms with E-state index in [1.807, 2.05) is 24.4 Å². The van der Waals surface area contributed by atoms with Crippen molar-refractivity contribution in [3.63, 3.8) is 0 Å². The number of anilines is 1. The van der Waals surface area contributed by atoms with Crippen molar-refractivity contribution in [2.24, 2.45) is 0 Å². The van der Waals surface area contributed by atoms with Crippen LogP contribution in [0, 0.1) is 0 Å². The van der Waals surface area contributed by atoms with E-state index in [0.29, 0.717) is 6.54 Å². The Bertz CT molecular complexity index is 886. The SMILES string of the molecule is O=C(NCCc1c[nH]c2ccccc12)NC1CCN(c2ncccn2)CC1. The average molecular weight is 364 g/mol. The lowest BCUT2D eigenvalue weighted by Crippen LogP contribution is -2.48. The van der Waals surface area contributed by atoms with Crippen LogP contribution in [0.15, 0.2) is 48.9 Å². The molecular formula is C20H24N6O. The van der Waals surface area contributed by atoms with Crippen LogP contribution in [0.5, 0.6) is 0 Å². The number of hydrogen-bond acceptors (Lipinski definition) is 4. The van der Waals surface area contributed by atoms with Crippen LogP contribution in [0.3, 0.4) is 0 Å². The van der Waals surface area contributed by atoms with Crippen molar-refractivity contribution in [1.82, 2.24) is 25.6 Å². The molecule has 3 N–H and O–H groups in total. The fourth-order valence-corrected chi connectivity index (χ4v) is 3.56. The molecule has 0 unspecified atom stereocenters. The van der Waals surface area contributed by atoms with Crippen LogP contribution in [0.25, 0.3) is 10.9 Å². The third kappa shape index (κ3) is 4.19. The number of carbonyl (C=O) groups is 1. The molecule has 2 amide bonds. The predicted molar refractivity (Wildman–Crippen MR) is 106 cm³/mol. The Morgan fingerprint density at radius 3 is 2.74 bits per heavy atom. The smallest absolute Gasteiger partial charge is 0.315 e. The van der Waals surface area contributed by atoms with Crippen LogP contribution < -0.4 is 15.5 Å². The molecule has 0 aliphatic carbocycles. The second-order valence-corrected chi connectivity index (χ2v) is 6.82. The Hall–Kier alpha value is -3.09. The van der Waals surface area contributed by atoms with Crippen LogP contribution in [-0.4, -0.2) is 46.7 Å². The lowest BCUT2D eigenvalue weighted by Gasteiger charge is -2.32. The predicted octanol–water partition coefficient (Wildman–Crippen LogP) is 2.47. The number of H-pyrrole nitrogens is 1. The van der Waals surface area contributed by atoms with Crippen LogP contribution in [0.2, 0.25) is 0 Å². The maximum Gasteiger partial charge on any atom is 0.315 e. The molecule has 7 heteroatoms. The van der Waals surface area contributed by atoms with Crippen LogP contribution in [0.1, 0.15) is 18.4 Å². The number of aromatic nitrogens is 3. The number of nitrogens with one attached hydrogen (secondary N) is 3. The van der Waals surface area contributed by atoms with Crippen molar-refractivity contribution < 1.29 is 4.79 Å². The molecule has 1 saturated heterocycles. The van der Waals surface area contributed by atoms with Crippen LogP contribution in [-0.2, 0) is 6.42 Å². The Morgan fingerprint density at radius 1 is 1.15 bits per heavy atom. The minimum absolute atomic E-state index is 0.0933. The molecule has 0 atom stereocenters. The second-order valence-electron chi connectivity index (χ2n) is 6.82. The van der Waals surface area contributed by atoms with Crippen molar-refractivity contribution >= 4 is 22.9 Å². The average Bonchev–Trinajstić information content (AvgIpc) is 3.12. The van der Waals surface area contributed by atoms with E-state index in [-0.39, 0.29) is 12.1 Å². The normalized spacial score (nSPS) is 15.0. The monoisotopic (exact) mass is 364 g/mol. The first-order valence-electron chi connectivity index (χ1n) is 9.41. The van der Waals surface area contributed by atoms with Gasteiger partial charge in [-0.15, -0.1) is 0 Å². The second kappa shape index (κ2) is 8.07. The van der Waals surface area contributed by atoms with Gasteiger partial charge >= 0.3 is 6.03 Å². The molecule has 1 aromatic carbocycles. The van der Waals surface area contributed by atoms with Crippen molar-refractivity contribution in [2.45, 2.75) is 25.3 Å². The third-order valence-corrected chi connectivity index (χ3v) is 5.02. The summed E-state index contributed by atoms with van der Waals surface area (Å²) in [5.41, 5.74) is 2.35. The van der Waals surface area contributed by atoms with Gasteiger partial charge in [0.1, 0.15) is 0 Å². The maximum atomic E-state index is 12.2. The first-order chi connectivity index (χ1) is 13.3. The zero-order chi connectivity index (χ0) is 18.5. The summed E-state index contributed by atoms with van der Waals surface area (Å²) < 4.78 is 0. The highest BCUT2D eigenvalue weighted by atomic mass is 16.2. The summed E-state index contributed by atoms with van der Waals surface area (Å²) >= 11 is 0. The van der Waals surface area contributed by atoms with Crippen molar-refractivity contribution in [3.05, 3.63) is 54.5 Å². The number of rotatable bonds is 5. The minimum atomic E-state index is -0.0933. The number of urea groups is 1. The topological polar surface area (TPSA) is 85.9 Å². The highest BCUT2D eigenvalue weighted by molar-refractivity contribution is 5.83. The maximum absolute atomic E-state index is 12.2. The Morgan fingerprint density at radius 2 is 1.93 bits per heavy atom. The number of hydrogen-bond donors (Lipinski definition) is 3. The number of fused-ring (bicyclic) bond motifs is 1. The van der Waals surface area contributed by atoms with Crippen LogP contribution in [0.4, 0.5) is 10.7 Å². The minimum Gasteiger partial charge on any atom is -0.361 e. The lowest BCUT2D eigenvalue weighted by molar-refractivity contribution is 0.234. The van der Waals surface area contributed by atoms with Gasteiger partial charge in [0.15, 0.2) is 0 Å². The van der Waals surface area contributed by atoms with E-state index >= 15 is 0 Å². The number of para-hydroxylation sites is 1. The number of nitrogens with zero attached hydrogens (tertiary/aromatic N) is 3. The summed E-state index contributed by atoms with van der Waals surface area (Å²) in [6.07, 6.45) is 8.14. The van der Waals surface area contributed by atoms with Crippen molar-refractivity contribution in [1.29, 1.82) is 0 Å². The molecule has 27 heavy (non-hydrogen) atoms. The molecule has 3 aromatic rings. The van der Waals surface area contributed by atoms with Gasteiger partial charge in [0.05, 0.1) is 0 Å². The lowest BCUT2D eigenvalue weighted by atomic mass is 10.1. The summed E-state index contributed by atoms with van der Waals surface area (Å²) in [5, 5.41) is 7.27. The van der Waals surface area contributed by atoms with E-state index in [9.17, 15) is 4.79 Å². The molecule has 4 rings (SSSR count). The van der Waals surface area contributed by atoms with Gasteiger partial charge in [-0.1, -0.05) is 18.2 Å². The molecule has 1 aliphatic rings. The molecule has 3 heterocycles. The molecular weight excluding hydrogens is 340 g/mol. The zero-order valence-electron chi connectivity index (χ0n) is 15.2. The van der Waals surface area contributed by atoms with E-state index in [1.54, 1.807) is 12.4 Å². The first kappa shape index (κ1) is 17.3. The fourth-order valence-electron chi connectivity index (χ4n) is 3.56. The van der Waals surface area contributed by atoms with Gasteiger partial charge in [-0.2, -0.15) is 0 Å². The summed E-state index contributed by atoms with van der Waals surface area (Å²) in [5.74, 6) is 0.763. The number of carbonyl (C=O) groups excluding carboxylic acids is 1. The number of aromatic amines is 1. The van der Waals surface area contributed by atoms with Gasteiger partial charge in [-0.3, -0.25) is 0 Å². The molecule has 0 spiro atoms. The Kier molecular flexibility index (Phi) is 5.18. The fraction of sp³-hybridized carbons (Fsp3) is 0.350. The molecule has 0 bridgehead atoms. The van der Waals surface area contributed by atoms with Gasteiger partial charge in [-0.25, -0.2) is 14.8 Å². The molecule has 140 valence electrons. The number of piperidine rings is 1.